The molecule has 1 heterocycles. The topological polar surface area (TPSA) is 42.0 Å². The summed E-state index contributed by atoms with van der Waals surface area (Å²) >= 11 is 0. The Bertz CT molecular complexity index is 794. The van der Waals surface area contributed by atoms with Crippen molar-refractivity contribution < 1.29 is 14.3 Å². The van der Waals surface area contributed by atoms with Gasteiger partial charge in [-0.3, -0.25) is 9.69 Å². The molecule has 156 valence electrons. The van der Waals surface area contributed by atoms with Gasteiger partial charge >= 0.3 is 0 Å². The van der Waals surface area contributed by atoms with Crippen LogP contribution in [0.4, 0.5) is 0 Å². The molecule has 5 heteroatoms. The largest absolute Gasteiger partial charge is 0.493 e. The second-order valence-electron chi connectivity index (χ2n) is 7.82. The third-order valence-corrected chi connectivity index (χ3v) is 5.59. The van der Waals surface area contributed by atoms with E-state index in [-0.39, 0.29) is 5.91 Å². The quantitative estimate of drug-likeness (QED) is 0.674. The molecule has 0 aromatic heterocycles. The van der Waals surface area contributed by atoms with E-state index in [0.29, 0.717) is 37.2 Å². The van der Waals surface area contributed by atoms with E-state index in [1.54, 1.807) is 12.0 Å². The summed E-state index contributed by atoms with van der Waals surface area (Å²) in [6, 6.07) is 16.4. The molecular weight excluding hydrogens is 364 g/mol. The summed E-state index contributed by atoms with van der Waals surface area (Å²) in [6.45, 7) is 4.76. The van der Waals surface area contributed by atoms with Gasteiger partial charge in [-0.05, 0) is 49.6 Å². The Morgan fingerprint density at radius 2 is 1.90 bits per heavy atom. The smallest absolute Gasteiger partial charge is 0.236 e. The molecule has 0 saturated carbocycles. The first-order valence-electron chi connectivity index (χ1n) is 10.4. The Morgan fingerprint density at radius 3 is 2.62 bits per heavy atom. The standard InChI is InChI=1S/C24H32N2O3/c1-19-9-7-8-14-26(19)17-24(27)25(2)16-21-12-13-22(23(15-21)28-3)29-18-20-10-5-4-6-11-20/h4-6,10-13,15,19H,7-9,14,16-18H2,1-3H3/t19-/m0/s1. The minimum Gasteiger partial charge on any atom is -0.493 e. The van der Waals surface area contributed by atoms with Gasteiger partial charge in [0.25, 0.3) is 0 Å². The van der Waals surface area contributed by atoms with E-state index in [1.165, 1.54) is 19.3 Å². The summed E-state index contributed by atoms with van der Waals surface area (Å²) < 4.78 is 11.4. The van der Waals surface area contributed by atoms with Crippen LogP contribution in [0.2, 0.25) is 0 Å². The molecule has 3 rings (SSSR count). The Balaban J connectivity index is 1.57. The maximum absolute atomic E-state index is 12.7. The Morgan fingerprint density at radius 1 is 1.10 bits per heavy atom. The van der Waals surface area contributed by atoms with Crippen LogP contribution < -0.4 is 9.47 Å². The van der Waals surface area contributed by atoms with Crippen LogP contribution in [0.25, 0.3) is 0 Å². The van der Waals surface area contributed by atoms with Crippen molar-refractivity contribution >= 4 is 5.91 Å². The van der Waals surface area contributed by atoms with Gasteiger partial charge in [-0.2, -0.15) is 0 Å². The molecule has 0 radical (unpaired) electrons. The number of piperidine rings is 1. The van der Waals surface area contributed by atoms with E-state index in [2.05, 4.69) is 11.8 Å². The van der Waals surface area contributed by atoms with E-state index in [9.17, 15) is 4.79 Å². The van der Waals surface area contributed by atoms with Crippen LogP contribution in [0.5, 0.6) is 11.5 Å². The summed E-state index contributed by atoms with van der Waals surface area (Å²) in [5.74, 6) is 1.54. The van der Waals surface area contributed by atoms with Gasteiger partial charge in [0.1, 0.15) is 6.61 Å². The van der Waals surface area contributed by atoms with Crippen LogP contribution in [-0.4, -0.2) is 49.0 Å². The number of amides is 1. The number of rotatable bonds is 8. The molecule has 1 saturated heterocycles. The van der Waals surface area contributed by atoms with Crippen molar-refractivity contribution in [2.24, 2.45) is 0 Å². The van der Waals surface area contributed by atoms with E-state index in [4.69, 9.17) is 9.47 Å². The van der Waals surface area contributed by atoms with Gasteiger partial charge in [-0.25, -0.2) is 0 Å². The van der Waals surface area contributed by atoms with Gasteiger partial charge < -0.3 is 14.4 Å². The number of hydrogen-bond donors (Lipinski definition) is 0. The second-order valence-corrected chi connectivity index (χ2v) is 7.82. The minimum absolute atomic E-state index is 0.155. The average Bonchev–Trinajstić information content (AvgIpc) is 2.75. The normalized spacial score (nSPS) is 17.0. The van der Waals surface area contributed by atoms with Crippen molar-refractivity contribution in [3.63, 3.8) is 0 Å². The molecule has 0 aliphatic carbocycles. The van der Waals surface area contributed by atoms with Gasteiger partial charge in [0, 0.05) is 19.6 Å². The summed E-state index contributed by atoms with van der Waals surface area (Å²) in [6.07, 6.45) is 3.63. The van der Waals surface area contributed by atoms with E-state index < -0.39 is 0 Å². The summed E-state index contributed by atoms with van der Waals surface area (Å²) in [7, 11) is 3.50. The predicted octanol–water partition coefficient (Wildman–Crippen LogP) is 4.11. The minimum atomic E-state index is 0.155. The molecule has 0 bridgehead atoms. The molecular formula is C24H32N2O3. The fourth-order valence-corrected chi connectivity index (χ4v) is 3.71. The zero-order chi connectivity index (χ0) is 20.6. The highest BCUT2D eigenvalue weighted by Crippen LogP contribution is 2.29. The van der Waals surface area contributed by atoms with Crippen molar-refractivity contribution in [1.29, 1.82) is 0 Å². The maximum Gasteiger partial charge on any atom is 0.236 e. The molecule has 1 atom stereocenters. The third-order valence-electron chi connectivity index (χ3n) is 5.59. The van der Waals surface area contributed by atoms with Gasteiger partial charge in [0.15, 0.2) is 11.5 Å². The first-order valence-corrected chi connectivity index (χ1v) is 10.4. The van der Waals surface area contributed by atoms with Crippen molar-refractivity contribution in [3.05, 3.63) is 59.7 Å². The number of ether oxygens (including phenoxy) is 2. The highest BCUT2D eigenvalue weighted by molar-refractivity contribution is 5.78. The number of carbonyl (C=O) groups excluding carboxylic acids is 1. The predicted molar refractivity (Wildman–Crippen MR) is 115 cm³/mol. The van der Waals surface area contributed by atoms with Crippen molar-refractivity contribution in [2.45, 2.75) is 45.4 Å². The van der Waals surface area contributed by atoms with E-state index in [1.807, 2.05) is 55.6 Å². The first-order chi connectivity index (χ1) is 14.1. The molecule has 1 fully saturated rings. The molecule has 1 aliphatic rings. The number of benzene rings is 2. The number of hydrogen-bond acceptors (Lipinski definition) is 4. The van der Waals surface area contributed by atoms with E-state index in [0.717, 1.165) is 17.7 Å². The lowest BCUT2D eigenvalue weighted by atomic mass is 10.0. The fourth-order valence-electron chi connectivity index (χ4n) is 3.71. The summed E-state index contributed by atoms with van der Waals surface area (Å²) in [4.78, 5) is 16.8. The zero-order valence-corrected chi connectivity index (χ0v) is 17.8. The highest BCUT2D eigenvalue weighted by Gasteiger charge is 2.22. The molecule has 0 unspecified atom stereocenters. The van der Waals surface area contributed by atoms with Crippen LogP contribution in [0.1, 0.15) is 37.3 Å². The molecule has 2 aromatic carbocycles. The monoisotopic (exact) mass is 396 g/mol. The van der Waals surface area contributed by atoms with Crippen LogP contribution in [0.15, 0.2) is 48.5 Å². The molecule has 1 amide bonds. The molecule has 1 aliphatic heterocycles. The lowest BCUT2D eigenvalue weighted by molar-refractivity contribution is -0.132. The molecule has 5 nitrogen and oxygen atoms in total. The second kappa shape index (κ2) is 10.3. The number of methoxy groups -OCH3 is 1. The van der Waals surface area contributed by atoms with Crippen molar-refractivity contribution in [1.82, 2.24) is 9.80 Å². The summed E-state index contributed by atoms with van der Waals surface area (Å²) in [5.41, 5.74) is 2.13. The fraction of sp³-hybridized carbons (Fsp3) is 0.458. The van der Waals surface area contributed by atoms with Crippen LogP contribution in [0, 0.1) is 0 Å². The van der Waals surface area contributed by atoms with Crippen molar-refractivity contribution in [2.75, 3.05) is 27.2 Å². The van der Waals surface area contributed by atoms with Crippen LogP contribution in [-0.2, 0) is 17.9 Å². The Labute approximate surface area is 174 Å². The third kappa shape index (κ3) is 5.97. The molecule has 29 heavy (non-hydrogen) atoms. The van der Waals surface area contributed by atoms with Gasteiger partial charge in [-0.1, -0.05) is 42.8 Å². The SMILES string of the molecule is COc1cc(CN(C)C(=O)CN2CCCC[C@@H]2C)ccc1OCc1ccccc1. The Kier molecular flexibility index (Phi) is 7.53. The number of likely N-dealkylation sites (N-methyl/N-ethyl adjacent to an activating group) is 1. The lowest BCUT2D eigenvalue weighted by Gasteiger charge is -2.33. The maximum atomic E-state index is 12.7. The lowest BCUT2D eigenvalue weighted by Crippen LogP contribution is -2.44. The number of likely N-dealkylation sites (tertiary alicyclic amines) is 1. The van der Waals surface area contributed by atoms with E-state index >= 15 is 0 Å². The first kappa shape index (κ1) is 21.2. The summed E-state index contributed by atoms with van der Waals surface area (Å²) in [5, 5.41) is 0. The molecule has 0 spiro atoms. The zero-order valence-electron chi connectivity index (χ0n) is 17.8. The Hall–Kier alpha value is -2.53. The number of nitrogens with zero attached hydrogens (tertiary/aromatic N) is 2. The van der Waals surface area contributed by atoms with Crippen molar-refractivity contribution in [3.8, 4) is 11.5 Å². The van der Waals surface area contributed by atoms with Gasteiger partial charge in [-0.15, -0.1) is 0 Å². The molecule has 2 aromatic rings. The van der Waals surface area contributed by atoms with Crippen LogP contribution in [0.3, 0.4) is 0 Å². The van der Waals surface area contributed by atoms with Gasteiger partial charge in [0.2, 0.25) is 5.91 Å². The highest BCUT2D eigenvalue weighted by atomic mass is 16.5. The van der Waals surface area contributed by atoms with Gasteiger partial charge in [0.05, 0.1) is 13.7 Å². The van der Waals surface area contributed by atoms with Crippen LogP contribution >= 0.6 is 0 Å². The molecule has 0 N–H and O–H groups in total. The average molecular weight is 397 g/mol. The number of carbonyl (C=O) groups is 1.